The van der Waals surface area contributed by atoms with E-state index in [1.54, 1.807) is 27.7 Å². The molecule has 1 aromatic carbocycles. The second-order valence-electron chi connectivity index (χ2n) is 9.97. The summed E-state index contributed by atoms with van der Waals surface area (Å²) < 4.78 is 24.8. The quantitative estimate of drug-likeness (QED) is 0.487. The van der Waals surface area contributed by atoms with Gasteiger partial charge in [-0.15, -0.1) is 0 Å². The fraction of sp³-hybridized carbons (Fsp3) is 0.500. The van der Waals surface area contributed by atoms with Gasteiger partial charge in [-0.2, -0.15) is 0 Å². The number of rotatable bonds is 7. The van der Waals surface area contributed by atoms with Crippen LogP contribution in [-0.4, -0.2) is 88.2 Å². The van der Waals surface area contributed by atoms with Crippen LogP contribution in [0, 0.1) is 5.82 Å². The van der Waals surface area contributed by atoms with Crippen LogP contribution in [0.1, 0.15) is 51.0 Å². The lowest BCUT2D eigenvalue weighted by atomic mass is 10.1. The molecule has 11 nitrogen and oxygen atoms in total. The molecule has 0 unspecified atom stereocenters. The van der Waals surface area contributed by atoms with Crippen molar-refractivity contribution in [3.8, 4) is 5.75 Å². The summed E-state index contributed by atoms with van der Waals surface area (Å²) in [7, 11) is 0. The number of aromatic nitrogens is 1. The number of hydrogen-bond donors (Lipinski definition) is 2. The normalized spacial score (nSPS) is 14.6. The second kappa shape index (κ2) is 12.5. The highest BCUT2D eigenvalue weighted by molar-refractivity contribution is 6.31. The smallest absolute Gasteiger partial charge is 0.409 e. The maximum Gasteiger partial charge on any atom is 0.409 e. The number of ether oxygens (including phenoxy) is 2. The molecule has 0 spiro atoms. The first-order valence-electron chi connectivity index (χ1n) is 12.5. The Morgan fingerprint density at radius 2 is 1.77 bits per heavy atom. The highest BCUT2D eigenvalue weighted by Gasteiger charge is 2.32. The fourth-order valence-corrected chi connectivity index (χ4v) is 4.24. The number of carbonyl (C=O) groups is 4. The molecule has 0 aliphatic carbocycles. The predicted octanol–water partition coefficient (Wildman–Crippen LogP) is 3.25. The van der Waals surface area contributed by atoms with Crippen molar-refractivity contribution in [2.45, 2.75) is 52.2 Å². The van der Waals surface area contributed by atoms with E-state index in [0.717, 1.165) is 12.1 Å². The first-order chi connectivity index (χ1) is 18.3. The molecule has 3 rings (SSSR count). The molecule has 1 aliphatic heterocycles. The number of nitrogens with zero attached hydrogens (tertiary/aromatic N) is 3. The first-order valence-corrected chi connectivity index (χ1v) is 12.9. The van der Waals surface area contributed by atoms with Crippen LogP contribution in [0.5, 0.6) is 5.75 Å². The van der Waals surface area contributed by atoms with E-state index in [4.69, 9.17) is 21.1 Å². The summed E-state index contributed by atoms with van der Waals surface area (Å²) in [5, 5.41) is 13.0. The number of fused-ring (bicyclic) bond motifs is 1. The van der Waals surface area contributed by atoms with Gasteiger partial charge < -0.3 is 29.7 Å². The minimum atomic E-state index is -1.16. The first kappa shape index (κ1) is 29.9. The number of amides is 3. The third-order valence-electron chi connectivity index (χ3n) is 5.82. The van der Waals surface area contributed by atoms with Crippen LogP contribution in [0.3, 0.4) is 0 Å². The molecule has 1 saturated heterocycles. The average molecular weight is 567 g/mol. The molecule has 0 saturated carbocycles. The summed E-state index contributed by atoms with van der Waals surface area (Å²) in [6.45, 7) is 7.91. The molecule has 1 fully saturated rings. The standard InChI is InChI=1S/C26H32ClFN4O7/c1-5-38-25(37)32-10-8-31(9-11-32)24(36)18(6-7-21(34)39-26(2,3)4)30-23(35)19-14-20(33)16-12-15(27)13-17(28)22(16)29-19/h12-14,18H,5-11H2,1-4H3,(H,29,33)(H,30,35)/t18-/m0/s1. The maximum absolute atomic E-state index is 14.4. The van der Waals surface area contributed by atoms with Gasteiger partial charge in [0.25, 0.3) is 5.91 Å². The zero-order chi connectivity index (χ0) is 28.9. The van der Waals surface area contributed by atoms with Crippen molar-refractivity contribution >= 4 is 46.4 Å². The summed E-state index contributed by atoms with van der Waals surface area (Å²) >= 11 is 5.85. The van der Waals surface area contributed by atoms with E-state index in [2.05, 4.69) is 10.3 Å². The molecular weight excluding hydrogens is 535 g/mol. The second-order valence-corrected chi connectivity index (χ2v) is 10.4. The van der Waals surface area contributed by atoms with Gasteiger partial charge in [0.2, 0.25) is 5.91 Å². The third kappa shape index (κ3) is 7.92. The minimum Gasteiger partial charge on any atom is -0.507 e. The lowest BCUT2D eigenvalue weighted by Crippen LogP contribution is -2.56. The number of benzene rings is 1. The molecule has 2 heterocycles. The highest BCUT2D eigenvalue weighted by Crippen LogP contribution is 2.29. The highest BCUT2D eigenvalue weighted by atomic mass is 35.5. The van der Waals surface area contributed by atoms with Crippen molar-refractivity contribution in [1.29, 1.82) is 0 Å². The molecule has 3 amide bonds. The van der Waals surface area contributed by atoms with E-state index in [1.807, 2.05) is 0 Å². The Bertz CT molecular complexity index is 1260. The third-order valence-corrected chi connectivity index (χ3v) is 6.04. The number of esters is 1. The summed E-state index contributed by atoms with van der Waals surface area (Å²) in [5.41, 5.74) is -1.33. The number of pyridine rings is 1. The largest absolute Gasteiger partial charge is 0.507 e. The molecule has 2 N–H and O–H groups in total. The van der Waals surface area contributed by atoms with Crippen LogP contribution in [0.4, 0.5) is 9.18 Å². The molecule has 0 radical (unpaired) electrons. The topological polar surface area (TPSA) is 138 Å². The number of piperazine rings is 1. The van der Waals surface area contributed by atoms with Crippen LogP contribution in [0.2, 0.25) is 5.02 Å². The van der Waals surface area contributed by atoms with Gasteiger partial charge in [-0.3, -0.25) is 14.4 Å². The fourth-order valence-electron chi connectivity index (χ4n) is 4.04. The number of aromatic hydroxyl groups is 1. The Hall–Kier alpha value is -3.67. The molecule has 1 atom stereocenters. The van der Waals surface area contributed by atoms with Gasteiger partial charge in [-0.05, 0) is 46.2 Å². The summed E-state index contributed by atoms with van der Waals surface area (Å²) in [6.07, 6.45) is -0.725. The van der Waals surface area contributed by atoms with Crippen molar-refractivity contribution in [2.75, 3.05) is 32.8 Å². The monoisotopic (exact) mass is 566 g/mol. The lowest BCUT2D eigenvalue weighted by molar-refractivity contribution is -0.155. The summed E-state index contributed by atoms with van der Waals surface area (Å²) in [4.78, 5) is 57.8. The molecule has 13 heteroatoms. The molecule has 1 aliphatic rings. The van der Waals surface area contributed by atoms with Crippen LogP contribution >= 0.6 is 11.6 Å². The van der Waals surface area contributed by atoms with Gasteiger partial charge >= 0.3 is 12.1 Å². The predicted molar refractivity (Wildman–Crippen MR) is 140 cm³/mol. The van der Waals surface area contributed by atoms with Gasteiger partial charge in [0.1, 0.15) is 28.6 Å². The Labute approximate surface area is 230 Å². The van der Waals surface area contributed by atoms with Crippen molar-refractivity contribution in [3.05, 3.63) is 34.7 Å². The molecule has 2 aromatic rings. The summed E-state index contributed by atoms with van der Waals surface area (Å²) in [6, 6.07) is 2.20. The number of hydrogen-bond acceptors (Lipinski definition) is 8. The van der Waals surface area contributed by atoms with Crippen molar-refractivity contribution in [2.24, 2.45) is 0 Å². The Morgan fingerprint density at radius 3 is 2.38 bits per heavy atom. The maximum atomic E-state index is 14.4. The van der Waals surface area contributed by atoms with Gasteiger partial charge in [-0.25, -0.2) is 14.2 Å². The Kier molecular flexibility index (Phi) is 9.54. The zero-order valence-electron chi connectivity index (χ0n) is 22.3. The SMILES string of the molecule is CCOC(=O)N1CCN(C(=O)[C@H](CCC(=O)OC(C)(C)C)NC(=O)c2cc(O)c3cc(Cl)cc(F)c3n2)CC1. The van der Waals surface area contributed by atoms with Crippen LogP contribution in [-0.2, 0) is 19.1 Å². The molecular formula is C26H32ClFN4O7. The van der Waals surface area contributed by atoms with Crippen LogP contribution in [0.25, 0.3) is 10.9 Å². The average Bonchev–Trinajstić information content (AvgIpc) is 2.85. The van der Waals surface area contributed by atoms with E-state index in [-0.39, 0.29) is 67.2 Å². The Morgan fingerprint density at radius 1 is 1.13 bits per heavy atom. The number of nitrogens with one attached hydrogen (secondary N) is 1. The zero-order valence-corrected chi connectivity index (χ0v) is 23.0. The van der Waals surface area contributed by atoms with Crippen LogP contribution < -0.4 is 5.32 Å². The van der Waals surface area contributed by atoms with Crippen molar-refractivity contribution in [1.82, 2.24) is 20.1 Å². The van der Waals surface area contributed by atoms with E-state index >= 15 is 0 Å². The van der Waals surface area contributed by atoms with E-state index in [1.165, 1.54) is 15.9 Å². The van der Waals surface area contributed by atoms with Crippen LogP contribution in [0.15, 0.2) is 18.2 Å². The summed E-state index contributed by atoms with van der Waals surface area (Å²) in [5.74, 6) is -3.13. The molecule has 212 valence electrons. The van der Waals surface area contributed by atoms with E-state index < -0.39 is 47.1 Å². The minimum absolute atomic E-state index is 0.0218. The van der Waals surface area contributed by atoms with E-state index in [9.17, 15) is 28.7 Å². The molecule has 0 bridgehead atoms. The van der Waals surface area contributed by atoms with Gasteiger partial charge in [0.15, 0.2) is 5.82 Å². The number of carbonyl (C=O) groups excluding carboxylic acids is 4. The molecule has 39 heavy (non-hydrogen) atoms. The van der Waals surface area contributed by atoms with Crippen molar-refractivity contribution < 1.29 is 38.1 Å². The van der Waals surface area contributed by atoms with Gasteiger partial charge in [0, 0.05) is 49.1 Å². The lowest BCUT2D eigenvalue weighted by Gasteiger charge is -2.36. The van der Waals surface area contributed by atoms with Gasteiger partial charge in [0.05, 0.1) is 6.61 Å². The van der Waals surface area contributed by atoms with E-state index in [0.29, 0.717) is 0 Å². The molecule has 1 aromatic heterocycles. The Balaban J connectivity index is 1.79. The van der Waals surface area contributed by atoms with Crippen molar-refractivity contribution in [3.63, 3.8) is 0 Å². The number of halogens is 2. The van der Waals surface area contributed by atoms with Gasteiger partial charge in [-0.1, -0.05) is 11.6 Å².